The van der Waals surface area contributed by atoms with E-state index in [4.69, 9.17) is 0 Å². The third kappa shape index (κ3) is 5.63. The van der Waals surface area contributed by atoms with E-state index in [0.717, 1.165) is 44.2 Å². The first-order chi connectivity index (χ1) is 11.8. The Morgan fingerprint density at radius 3 is 2.46 bits per heavy atom. The van der Waals surface area contributed by atoms with Crippen LogP contribution in [0.2, 0.25) is 0 Å². The summed E-state index contributed by atoms with van der Waals surface area (Å²) < 4.78 is 1.77. The quantitative estimate of drug-likeness (QED) is 0.769. The molecule has 2 heterocycles. The Hall–Kier alpha value is -1.74. The van der Waals surface area contributed by atoms with Gasteiger partial charge in [-0.2, -0.15) is 4.68 Å². The van der Waals surface area contributed by atoms with Crippen molar-refractivity contribution in [3.63, 3.8) is 0 Å². The number of hydrogen-bond donors (Lipinski definition) is 1. The molecule has 3 rings (SSSR count). The molecule has 1 amide bonds. The SMILES string of the molecule is CNCCC(=O)N1CCN(Cc2nnnn2-c2ccccc2)CC1.Cl.Cl. The second kappa shape index (κ2) is 11.1. The summed E-state index contributed by atoms with van der Waals surface area (Å²) in [5.41, 5.74) is 0.957. The van der Waals surface area contributed by atoms with E-state index in [1.54, 1.807) is 4.68 Å². The van der Waals surface area contributed by atoms with Crippen LogP contribution >= 0.6 is 24.8 Å². The summed E-state index contributed by atoms with van der Waals surface area (Å²) in [6.07, 6.45) is 0.558. The lowest BCUT2D eigenvalue weighted by Gasteiger charge is -2.34. The standard InChI is InChI=1S/C16H23N7O.2ClH/c1-17-8-7-16(24)22-11-9-21(10-12-22)13-15-18-19-20-23(15)14-5-3-2-4-6-14;;/h2-6,17H,7-13H2,1H3;2*1H. The highest BCUT2D eigenvalue weighted by atomic mass is 35.5. The number of halogens is 2. The summed E-state index contributed by atoms with van der Waals surface area (Å²) in [5.74, 6) is 1.04. The number of tetrazole rings is 1. The van der Waals surface area contributed by atoms with Gasteiger partial charge in [0, 0.05) is 39.1 Å². The minimum atomic E-state index is 0. The van der Waals surface area contributed by atoms with Crippen molar-refractivity contribution in [3.8, 4) is 5.69 Å². The van der Waals surface area contributed by atoms with Gasteiger partial charge in [0.25, 0.3) is 0 Å². The summed E-state index contributed by atoms with van der Waals surface area (Å²) >= 11 is 0. The van der Waals surface area contributed by atoms with Crippen molar-refractivity contribution < 1.29 is 4.79 Å². The molecule has 0 saturated carbocycles. The molecule has 1 N–H and O–H groups in total. The fourth-order valence-electron chi connectivity index (χ4n) is 2.82. The summed E-state index contributed by atoms with van der Waals surface area (Å²) in [6.45, 7) is 4.61. The smallest absolute Gasteiger partial charge is 0.223 e. The number of amides is 1. The van der Waals surface area contributed by atoms with Crippen molar-refractivity contribution in [2.75, 3.05) is 39.8 Å². The molecule has 1 fully saturated rings. The molecule has 8 nitrogen and oxygen atoms in total. The van der Waals surface area contributed by atoms with E-state index in [9.17, 15) is 4.79 Å². The monoisotopic (exact) mass is 401 g/mol. The molecule has 0 aliphatic carbocycles. The minimum Gasteiger partial charge on any atom is -0.340 e. The molecule has 1 aliphatic rings. The summed E-state index contributed by atoms with van der Waals surface area (Å²) in [4.78, 5) is 16.3. The first-order valence-electron chi connectivity index (χ1n) is 8.25. The lowest BCUT2D eigenvalue weighted by atomic mass is 10.2. The molecular weight excluding hydrogens is 377 g/mol. The summed E-state index contributed by atoms with van der Waals surface area (Å²) in [6, 6.07) is 9.88. The highest BCUT2D eigenvalue weighted by molar-refractivity contribution is 5.85. The molecule has 0 bridgehead atoms. The molecule has 0 radical (unpaired) electrons. The van der Waals surface area contributed by atoms with E-state index in [2.05, 4.69) is 25.7 Å². The number of nitrogens with one attached hydrogen (secondary N) is 1. The maximum Gasteiger partial charge on any atom is 0.223 e. The Bertz CT molecular complexity index is 660. The normalized spacial score (nSPS) is 14.4. The van der Waals surface area contributed by atoms with E-state index < -0.39 is 0 Å². The molecule has 2 aromatic rings. The van der Waals surface area contributed by atoms with Crippen LogP contribution in [0, 0.1) is 0 Å². The van der Waals surface area contributed by atoms with Gasteiger partial charge in [0.2, 0.25) is 5.91 Å². The molecule has 1 aromatic heterocycles. The van der Waals surface area contributed by atoms with E-state index >= 15 is 0 Å². The maximum atomic E-state index is 12.1. The largest absolute Gasteiger partial charge is 0.340 e. The lowest BCUT2D eigenvalue weighted by molar-refractivity contribution is -0.132. The van der Waals surface area contributed by atoms with Gasteiger partial charge in [-0.15, -0.1) is 29.9 Å². The summed E-state index contributed by atoms with van der Waals surface area (Å²) in [5, 5.41) is 15.1. The number of aromatic nitrogens is 4. The van der Waals surface area contributed by atoms with Gasteiger partial charge in [0.15, 0.2) is 5.82 Å². The van der Waals surface area contributed by atoms with Crippen molar-refractivity contribution in [3.05, 3.63) is 36.2 Å². The Kier molecular flexibility index (Phi) is 9.50. The van der Waals surface area contributed by atoms with E-state index in [1.807, 2.05) is 42.3 Å². The minimum absolute atomic E-state index is 0. The number of nitrogens with zero attached hydrogens (tertiary/aromatic N) is 6. The van der Waals surface area contributed by atoms with Crippen molar-refractivity contribution in [1.29, 1.82) is 0 Å². The zero-order valence-corrected chi connectivity index (χ0v) is 16.4. The number of benzene rings is 1. The van der Waals surface area contributed by atoms with Crippen LogP contribution in [0.15, 0.2) is 30.3 Å². The van der Waals surface area contributed by atoms with Crippen LogP contribution in [0.4, 0.5) is 0 Å². The van der Waals surface area contributed by atoms with E-state index in [0.29, 0.717) is 13.0 Å². The van der Waals surface area contributed by atoms with Gasteiger partial charge in [-0.25, -0.2) is 0 Å². The Balaban J connectivity index is 0.00000169. The molecular formula is C16H25Cl2N7O. The van der Waals surface area contributed by atoms with Crippen molar-refractivity contribution in [2.24, 2.45) is 0 Å². The Labute approximate surface area is 165 Å². The third-order valence-corrected chi connectivity index (χ3v) is 4.21. The number of piperazine rings is 1. The van der Waals surface area contributed by atoms with Crippen LogP contribution in [0.3, 0.4) is 0 Å². The lowest BCUT2D eigenvalue weighted by Crippen LogP contribution is -2.48. The highest BCUT2D eigenvalue weighted by Gasteiger charge is 2.22. The summed E-state index contributed by atoms with van der Waals surface area (Å²) in [7, 11) is 1.86. The van der Waals surface area contributed by atoms with Crippen LogP contribution in [0.25, 0.3) is 5.69 Å². The molecule has 0 spiro atoms. The number of rotatable bonds is 6. The van der Waals surface area contributed by atoms with Gasteiger partial charge in [-0.3, -0.25) is 9.69 Å². The maximum absolute atomic E-state index is 12.1. The number of para-hydroxylation sites is 1. The van der Waals surface area contributed by atoms with Gasteiger partial charge in [-0.05, 0) is 29.6 Å². The van der Waals surface area contributed by atoms with Gasteiger partial charge in [0.05, 0.1) is 12.2 Å². The second-order valence-corrected chi connectivity index (χ2v) is 5.85. The Morgan fingerprint density at radius 1 is 1.12 bits per heavy atom. The molecule has 1 aromatic carbocycles. The van der Waals surface area contributed by atoms with E-state index in [1.165, 1.54) is 0 Å². The number of hydrogen-bond acceptors (Lipinski definition) is 6. The molecule has 1 saturated heterocycles. The molecule has 144 valence electrons. The van der Waals surface area contributed by atoms with Crippen LogP contribution < -0.4 is 5.32 Å². The third-order valence-electron chi connectivity index (χ3n) is 4.21. The first kappa shape index (κ1) is 22.3. The van der Waals surface area contributed by atoms with E-state index in [-0.39, 0.29) is 30.7 Å². The average Bonchev–Trinajstić information content (AvgIpc) is 3.09. The highest BCUT2D eigenvalue weighted by Crippen LogP contribution is 2.11. The number of carbonyl (C=O) groups is 1. The van der Waals surface area contributed by atoms with Crippen LogP contribution in [-0.2, 0) is 11.3 Å². The number of carbonyl (C=O) groups excluding carboxylic acids is 1. The van der Waals surface area contributed by atoms with Crippen molar-refractivity contribution >= 4 is 30.7 Å². The average molecular weight is 402 g/mol. The molecule has 10 heteroatoms. The predicted octanol–water partition coefficient (Wildman–Crippen LogP) is 0.760. The Morgan fingerprint density at radius 2 is 1.81 bits per heavy atom. The zero-order chi connectivity index (χ0) is 16.8. The van der Waals surface area contributed by atoms with Gasteiger partial charge in [0.1, 0.15) is 0 Å². The van der Waals surface area contributed by atoms with Crippen molar-refractivity contribution in [1.82, 2.24) is 35.3 Å². The fraction of sp³-hybridized carbons (Fsp3) is 0.500. The fourth-order valence-corrected chi connectivity index (χ4v) is 2.82. The van der Waals surface area contributed by atoms with Crippen molar-refractivity contribution in [2.45, 2.75) is 13.0 Å². The van der Waals surface area contributed by atoms with Crippen LogP contribution in [-0.4, -0.2) is 75.7 Å². The van der Waals surface area contributed by atoms with Gasteiger partial charge < -0.3 is 10.2 Å². The van der Waals surface area contributed by atoms with Crippen LogP contribution in [0.5, 0.6) is 0 Å². The molecule has 0 atom stereocenters. The first-order valence-corrected chi connectivity index (χ1v) is 8.25. The zero-order valence-electron chi connectivity index (χ0n) is 14.7. The topological polar surface area (TPSA) is 79.2 Å². The second-order valence-electron chi connectivity index (χ2n) is 5.85. The van der Waals surface area contributed by atoms with Crippen LogP contribution in [0.1, 0.15) is 12.2 Å². The molecule has 0 unspecified atom stereocenters. The molecule has 26 heavy (non-hydrogen) atoms. The molecule has 1 aliphatic heterocycles. The predicted molar refractivity (Wildman–Crippen MR) is 104 cm³/mol. The van der Waals surface area contributed by atoms with Gasteiger partial charge >= 0.3 is 0 Å². The van der Waals surface area contributed by atoms with Gasteiger partial charge in [-0.1, -0.05) is 18.2 Å².